The van der Waals surface area contributed by atoms with Crippen LogP contribution in [0.2, 0.25) is 0 Å². The molecule has 64 valence electrons. The maximum atomic E-state index is 10.1. The predicted octanol–water partition coefficient (Wildman–Crippen LogP) is 1.54. The molecule has 0 aliphatic rings. The lowest BCUT2D eigenvalue weighted by Crippen LogP contribution is -1.97. The molecule has 0 fully saturated rings. The largest absolute Gasteiger partial charge is 0.481 e. The molecular formula is C6H11NO2S2. The molecule has 0 amide bonds. The molecule has 0 aliphatic carbocycles. The van der Waals surface area contributed by atoms with E-state index in [0.29, 0.717) is 6.54 Å². The molecule has 0 aromatic carbocycles. The summed E-state index contributed by atoms with van der Waals surface area (Å²) >= 11 is 3.08. The highest BCUT2D eigenvalue weighted by molar-refractivity contribution is 8.38. The maximum Gasteiger partial charge on any atom is 0.305 e. The summed E-state index contributed by atoms with van der Waals surface area (Å²) in [6.07, 6.45) is 3.97. The van der Waals surface area contributed by atoms with Crippen molar-refractivity contribution in [3.63, 3.8) is 0 Å². The topological polar surface area (TPSA) is 49.7 Å². The normalized spacial score (nSPS) is 9.27. The van der Waals surface area contributed by atoms with Gasteiger partial charge in [0.2, 0.25) is 0 Å². The van der Waals surface area contributed by atoms with Gasteiger partial charge < -0.3 is 5.11 Å². The van der Waals surface area contributed by atoms with Gasteiger partial charge in [-0.1, -0.05) is 0 Å². The Kier molecular flexibility index (Phi) is 6.45. The molecule has 0 unspecified atom stereocenters. The van der Waals surface area contributed by atoms with Crippen LogP contribution in [0.15, 0.2) is 4.99 Å². The van der Waals surface area contributed by atoms with Gasteiger partial charge in [0.1, 0.15) is 4.38 Å². The molecule has 0 aromatic rings. The van der Waals surface area contributed by atoms with Gasteiger partial charge in [-0.05, 0) is 12.5 Å². The van der Waals surface area contributed by atoms with Gasteiger partial charge in [-0.15, -0.1) is 23.5 Å². The third-order valence-electron chi connectivity index (χ3n) is 0.916. The fourth-order valence-corrected chi connectivity index (χ4v) is 1.56. The number of hydrogen-bond acceptors (Lipinski definition) is 4. The third-order valence-corrected chi connectivity index (χ3v) is 2.87. The van der Waals surface area contributed by atoms with Gasteiger partial charge in [0.05, 0.1) is 13.0 Å². The standard InChI is InChI=1S/C6H11NO2S2/c1-10-6(11-2)7-4-3-5(8)9/h3-4H2,1-2H3,(H,8,9). The SMILES string of the molecule is CSC(=NCCC(=O)O)SC. The van der Waals surface area contributed by atoms with Gasteiger partial charge in [0.15, 0.2) is 0 Å². The molecule has 11 heavy (non-hydrogen) atoms. The van der Waals surface area contributed by atoms with E-state index in [1.165, 1.54) is 0 Å². The molecular weight excluding hydrogens is 182 g/mol. The summed E-state index contributed by atoms with van der Waals surface area (Å²) in [7, 11) is 0. The minimum absolute atomic E-state index is 0.116. The number of nitrogens with zero attached hydrogens (tertiary/aromatic N) is 1. The second kappa shape index (κ2) is 6.54. The zero-order valence-corrected chi connectivity index (χ0v) is 8.17. The highest BCUT2D eigenvalue weighted by Crippen LogP contribution is 2.10. The quantitative estimate of drug-likeness (QED) is 0.545. The van der Waals surface area contributed by atoms with Crippen LogP contribution in [0, 0.1) is 0 Å². The van der Waals surface area contributed by atoms with E-state index in [1.807, 2.05) is 12.5 Å². The number of hydrogen-bond donors (Lipinski definition) is 1. The van der Waals surface area contributed by atoms with Crippen molar-refractivity contribution in [2.45, 2.75) is 6.42 Å². The maximum absolute atomic E-state index is 10.1. The first-order valence-electron chi connectivity index (χ1n) is 3.05. The Morgan fingerprint density at radius 3 is 2.36 bits per heavy atom. The van der Waals surface area contributed by atoms with Crippen molar-refractivity contribution >= 4 is 33.9 Å². The lowest BCUT2D eigenvalue weighted by Gasteiger charge is -1.95. The molecule has 0 saturated carbocycles. The summed E-state index contributed by atoms with van der Waals surface area (Å²) in [5.41, 5.74) is 0. The van der Waals surface area contributed by atoms with Crippen molar-refractivity contribution in [2.24, 2.45) is 4.99 Å². The van der Waals surface area contributed by atoms with Crippen molar-refractivity contribution in [1.29, 1.82) is 0 Å². The first-order valence-corrected chi connectivity index (χ1v) is 5.50. The van der Waals surface area contributed by atoms with Gasteiger partial charge in [0.25, 0.3) is 0 Å². The number of rotatable bonds is 3. The van der Waals surface area contributed by atoms with Crippen LogP contribution in [0.5, 0.6) is 0 Å². The minimum atomic E-state index is -0.796. The van der Waals surface area contributed by atoms with Gasteiger partial charge in [-0.25, -0.2) is 0 Å². The fourth-order valence-electron chi connectivity index (χ4n) is 0.455. The van der Waals surface area contributed by atoms with E-state index < -0.39 is 5.97 Å². The zero-order chi connectivity index (χ0) is 8.69. The number of aliphatic carboxylic acids is 1. The summed E-state index contributed by atoms with van der Waals surface area (Å²) in [5, 5.41) is 8.29. The van der Waals surface area contributed by atoms with E-state index in [1.54, 1.807) is 23.5 Å². The lowest BCUT2D eigenvalue weighted by atomic mass is 10.4. The Labute approximate surface area is 74.7 Å². The predicted molar refractivity (Wildman–Crippen MR) is 51.6 cm³/mol. The molecule has 1 N–H and O–H groups in total. The summed E-state index contributed by atoms with van der Waals surface area (Å²) in [5.74, 6) is -0.796. The Bertz CT molecular complexity index is 153. The molecule has 0 saturated heterocycles. The van der Waals surface area contributed by atoms with Crippen LogP contribution in [0.4, 0.5) is 0 Å². The van der Waals surface area contributed by atoms with Gasteiger partial charge in [-0.2, -0.15) is 0 Å². The molecule has 0 bridgehead atoms. The van der Waals surface area contributed by atoms with Crippen LogP contribution in [-0.2, 0) is 4.79 Å². The van der Waals surface area contributed by atoms with Crippen LogP contribution >= 0.6 is 23.5 Å². The van der Waals surface area contributed by atoms with E-state index >= 15 is 0 Å². The van der Waals surface area contributed by atoms with Crippen LogP contribution in [0.3, 0.4) is 0 Å². The number of carboxylic acids is 1. The van der Waals surface area contributed by atoms with Crippen molar-refractivity contribution < 1.29 is 9.90 Å². The third kappa shape index (κ3) is 6.25. The molecule has 3 nitrogen and oxygen atoms in total. The average molecular weight is 193 g/mol. The Hall–Kier alpha value is -0.160. The second-order valence-electron chi connectivity index (χ2n) is 1.70. The smallest absolute Gasteiger partial charge is 0.305 e. The Balaban J connectivity index is 3.61. The molecule has 0 heterocycles. The summed E-state index contributed by atoms with van der Waals surface area (Å²) in [4.78, 5) is 14.1. The number of aliphatic imine (C=N–C) groups is 1. The number of thioether (sulfide) groups is 2. The molecule has 0 atom stereocenters. The first kappa shape index (κ1) is 10.8. The van der Waals surface area contributed by atoms with Crippen molar-refractivity contribution in [1.82, 2.24) is 0 Å². The molecule has 0 spiro atoms. The summed E-state index contributed by atoms with van der Waals surface area (Å²) in [6, 6.07) is 0. The van der Waals surface area contributed by atoms with Crippen LogP contribution in [0.25, 0.3) is 0 Å². The molecule has 5 heteroatoms. The van der Waals surface area contributed by atoms with E-state index in [2.05, 4.69) is 4.99 Å². The van der Waals surface area contributed by atoms with E-state index in [-0.39, 0.29) is 6.42 Å². The fraction of sp³-hybridized carbons (Fsp3) is 0.667. The highest BCUT2D eigenvalue weighted by Gasteiger charge is 1.96. The van der Waals surface area contributed by atoms with Crippen molar-refractivity contribution in [2.75, 3.05) is 19.1 Å². The van der Waals surface area contributed by atoms with Crippen LogP contribution in [0.1, 0.15) is 6.42 Å². The minimum Gasteiger partial charge on any atom is -0.481 e. The summed E-state index contributed by atoms with van der Waals surface area (Å²) in [6.45, 7) is 0.381. The Morgan fingerprint density at radius 1 is 1.45 bits per heavy atom. The molecule has 0 radical (unpaired) electrons. The first-order chi connectivity index (χ1) is 5.20. The van der Waals surface area contributed by atoms with E-state index in [9.17, 15) is 4.79 Å². The van der Waals surface area contributed by atoms with Crippen LogP contribution < -0.4 is 0 Å². The van der Waals surface area contributed by atoms with Gasteiger partial charge in [-0.3, -0.25) is 9.79 Å². The summed E-state index contributed by atoms with van der Waals surface area (Å²) < 4.78 is 0.936. The average Bonchev–Trinajstić information content (AvgIpc) is 1.98. The highest BCUT2D eigenvalue weighted by atomic mass is 32.2. The number of carboxylic acid groups (broad SMARTS) is 1. The second-order valence-corrected chi connectivity index (χ2v) is 3.55. The van der Waals surface area contributed by atoms with Crippen LogP contribution in [-0.4, -0.2) is 34.5 Å². The zero-order valence-electron chi connectivity index (χ0n) is 6.53. The molecule has 0 aliphatic heterocycles. The van der Waals surface area contributed by atoms with E-state index in [4.69, 9.17) is 5.11 Å². The molecule has 0 rings (SSSR count). The van der Waals surface area contributed by atoms with Crippen molar-refractivity contribution in [3.05, 3.63) is 0 Å². The lowest BCUT2D eigenvalue weighted by molar-refractivity contribution is -0.136. The number of carbonyl (C=O) groups is 1. The molecule has 0 aromatic heterocycles. The Morgan fingerprint density at radius 2 is 2.00 bits per heavy atom. The monoisotopic (exact) mass is 193 g/mol. The van der Waals surface area contributed by atoms with E-state index in [0.717, 1.165) is 4.38 Å². The van der Waals surface area contributed by atoms with Gasteiger partial charge in [0, 0.05) is 0 Å². The van der Waals surface area contributed by atoms with Crippen molar-refractivity contribution in [3.8, 4) is 0 Å². The van der Waals surface area contributed by atoms with Gasteiger partial charge >= 0.3 is 5.97 Å².